The number of rotatable bonds is 5. The van der Waals surface area contributed by atoms with E-state index >= 15 is 0 Å². The van der Waals surface area contributed by atoms with Crippen molar-refractivity contribution in [3.05, 3.63) is 90.2 Å². The minimum absolute atomic E-state index is 0.0226. The number of sulfonamides is 1. The number of hydrogen-bond donors (Lipinski definition) is 1. The van der Waals surface area contributed by atoms with Gasteiger partial charge in [0.1, 0.15) is 5.82 Å². The molecule has 0 radical (unpaired) electrons. The number of carbonyl (C=O) groups excluding carboxylic acids is 1. The Bertz CT molecular complexity index is 1160. The molecule has 1 aliphatic rings. The van der Waals surface area contributed by atoms with Crippen LogP contribution in [0.5, 0.6) is 0 Å². The number of nitrogens with zero attached hydrogens (tertiary/aromatic N) is 2. The molecule has 1 aliphatic heterocycles. The molecule has 0 atom stereocenters. The van der Waals surface area contributed by atoms with Gasteiger partial charge >= 0.3 is 0 Å². The van der Waals surface area contributed by atoms with Gasteiger partial charge in [0.15, 0.2) is 0 Å². The third-order valence-corrected chi connectivity index (χ3v) is 6.55. The number of para-hydroxylation sites is 1. The van der Waals surface area contributed by atoms with Crippen LogP contribution < -0.4 is 9.62 Å². The molecule has 1 fully saturated rings. The Labute approximate surface area is 181 Å². The van der Waals surface area contributed by atoms with Gasteiger partial charge in [-0.1, -0.05) is 24.3 Å². The van der Waals surface area contributed by atoms with Gasteiger partial charge < -0.3 is 9.80 Å². The number of anilines is 2. The second kappa shape index (κ2) is 8.77. The Balaban J connectivity index is 1.45. The first-order valence-corrected chi connectivity index (χ1v) is 11.4. The zero-order chi connectivity index (χ0) is 21.8. The molecule has 0 aromatic heterocycles. The van der Waals surface area contributed by atoms with Crippen molar-refractivity contribution in [2.45, 2.75) is 4.90 Å². The summed E-state index contributed by atoms with van der Waals surface area (Å²) in [5.74, 6) is -0.658. The molecule has 0 aliphatic carbocycles. The van der Waals surface area contributed by atoms with Crippen molar-refractivity contribution in [2.75, 3.05) is 35.8 Å². The highest BCUT2D eigenvalue weighted by Gasteiger charge is 2.24. The van der Waals surface area contributed by atoms with E-state index in [4.69, 9.17) is 0 Å². The van der Waals surface area contributed by atoms with Crippen LogP contribution in [0.25, 0.3) is 0 Å². The van der Waals surface area contributed by atoms with Gasteiger partial charge in [0, 0.05) is 43.1 Å². The number of carbonyl (C=O) groups is 1. The SMILES string of the molecule is O=C(c1cccc(S(=O)(=O)Nc2ccc(F)cc2)c1)N1CCN(c2ccccc2)CC1. The van der Waals surface area contributed by atoms with Crippen molar-refractivity contribution in [3.8, 4) is 0 Å². The zero-order valence-electron chi connectivity index (χ0n) is 16.7. The van der Waals surface area contributed by atoms with Crippen LogP contribution in [0.2, 0.25) is 0 Å². The van der Waals surface area contributed by atoms with Gasteiger partial charge in [-0.2, -0.15) is 0 Å². The summed E-state index contributed by atoms with van der Waals surface area (Å²) in [6.45, 7) is 2.52. The monoisotopic (exact) mass is 439 g/mol. The van der Waals surface area contributed by atoms with E-state index < -0.39 is 15.8 Å². The van der Waals surface area contributed by atoms with Crippen LogP contribution in [-0.4, -0.2) is 45.4 Å². The molecule has 6 nitrogen and oxygen atoms in total. The lowest BCUT2D eigenvalue weighted by atomic mass is 10.1. The van der Waals surface area contributed by atoms with Crippen molar-refractivity contribution >= 4 is 27.3 Å². The summed E-state index contributed by atoms with van der Waals surface area (Å²) < 4.78 is 40.9. The van der Waals surface area contributed by atoms with Crippen molar-refractivity contribution in [1.82, 2.24) is 4.90 Å². The first-order valence-electron chi connectivity index (χ1n) is 9.90. The van der Waals surface area contributed by atoms with E-state index in [2.05, 4.69) is 9.62 Å². The number of benzene rings is 3. The van der Waals surface area contributed by atoms with Gasteiger partial charge in [-0.15, -0.1) is 0 Å². The quantitative estimate of drug-likeness (QED) is 0.660. The normalized spacial score (nSPS) is 14.4. The Morgan fingerprint density at radius 2 is 1.52 bits per heavy atom. The van der Waals surface area contributed by atoms with Crippen LogP contribution in [0, 0.1) is 5.82 Å². The summed E-state index contributed by atoms with van der Waals surface area (Å²) in [5.41, 5.74) is 1.68. The lowest BCUT2D eigenvalue weighted by Gasteiger charge is -2.36. The molecule has 1 amide bonds. The summed E-state index contributed by atoms with van der Waals surface area (Å²) in [4.78, 5) is 16.9. The first kappa shape index (κ1) is 20.9. The molecule has 0 spiro atoms. The Morgan fingerprint density at radius 1 is 0.839 bits per heavy atom. The molecule has 1 N–H and O–H groups in total. The second-order valence-electron chi connectivity index (χ2n) is 7.26. The van der Waals surface area contributed by atoms with Crippen LogP contribution >= 0.6 is 0 Å². The highest BCUT2D eigenvalue weighted by Crippen LogP contribution is 2.20. The second-order valence-corrected chi connectivity index (χ2v) is 8.94. The molecule has 8 heteroatoms. The van der Waals surface area contributed by atoms with Crippen LogP contribution in [0.15, 0.2) is 83.8 Å². The average molecular weight is 440 g/mol. The van der Waals surface area contributed by atoms with Crippen LogP contribution in [-0.2, 0) is 10.0 Å². The first-order chi connectivity index (χ1) is 14.9. The summed E-state index contributed by atoms with van der Waals surface area (Å²) in [6, 6.07) is 21.0. The molecule has 0 saturated carbocycles. The van der Waals surface area contributed by atoms with Gasteiger partial charge in [-0.05, 0) is 54.6 Å². The molecular formula is C23H22FN3O3S. The molecule has 3 aromatic carbocycles. The third kappa shape index (κ3) is 4.86. The summed E-state index contributed by atoms with van der Waals surface area (Å²) in [6.07, 6.45) is 0. The van der Waals surface area contributed by atoms with E-state index in [1.807, 2.05) is 30.3 Å². The lowest BCUT2D eigenvalue weighted by Crippen LogP contribution is -2.48. The van der Waals surface area contributed by atoms with Crippen molar-refractivity contribution in [1.29, 1.82) is 0 Å². The van der Waals surface area contributed by atoms with Crippen molar-refractivity contribution < 1.29 is 17.6 Å². The number of amides is 1. The maximum Gasteiger partial charge on any atom is 0.261 e. The predicted octanol–water partition coefficient (Wildman–Crippen LogP) is 3.59. The van der Waals surface area contributed by atoms with E-state index in [0.29, 0.717) is 31.7 Å². The van der Waals surface area contributed by atoms with Gasteiger partial charge in [0.2, 0.25) is 0 Å². The molecule has 1 heterocycles. The van der Waals surface area contributed by atoms with E-state index in [9.17, 15) is 17.6 Å². The molecule has 4 rings (SSSR count). The fourth-order valence-electron chi connectivity index (χ4n) is 3.52. The largest absolute Gasteiger partial charge is 0.368 e. The van der Waals surface area contributed by atoms with E-state index in [-0.39, 0.29) is 16.5 Å². The van der Waals surface area contributed by atoms with E-state index in [1.54, 1.807) is 17.0 Å². The molecular weight excluding hydrogens is 417 g/mol. The van der Waals surface area contributed by atoms with Gasteiger partial charge in [-0.25, -0.2) is 12.8 Å². The van der Waals surface area contributed by atoms with E-state index in [1.165, 1.54) is 36.4 Å². The summed E-state index contributed by atoms with van der Waals surface area (Å²) >= 11 is 0. The van der Waals surface area contributed by atoms with E-state index in [0.717, 1.165) is 5.69 Å². The number of piperazine rings is 1. The molecule has 31 heavy (non-hydrogen) atoms. The summed E-state index contributed by atoms with van der Waals surface area (Å²) in [7, 11) is -3.91. The maximum atomic E-state index is 13.1. The highest BCUT2D eigenvalue weighted by atomic mass is 32.2. The van der Waals surface area contributed by atoms with Gasteiger partial charge in [0.25, 0.3) is 15.9 Å². The third-order valence-electron chi connectivity index (χ3n) is 5.18. The number of nitrogens with one attached hydrogen (secondary N) is 1. The lowest BCUT2D eigenvalue weighted by molar-refractivity contribution is 0.0746. The molecule has 160 valence electrons. The fraction of sp³-hybridized carbons (Fsp3) is 0.174. The predicted molar refractivity (Wildman–Crippen MR) is 118 cm³/mol. The molecule has 3 aromatic rings. The van der Waals surface area contributed by atoms with Crippen LogP contribution in [0.1, 0.15) is 10.4 Å². The number of hydrogen-bond acceptors (Lipinski definition) is 4. The highest BCUT2D eigenvalue weighted by molar-refractivity contribution is 7.92. The minimum atomic E-state index is -3.91. The summed E-state index contributed by atoms with van der Waals surface area (Å²) in [5, 5.41) is 0. The van der Waals surface area contributed by atoms with Crippen LogP contribution in [0.3, 0.4) is 0 Å². The smallest absolute Gasteiger partial charge is 0.261 e. The Morgan fingerprint density at radius 3 is 2.19 bits per heavy atom. The fourth-order valence-corrected chi connectivity index (χ4v) is 4.62. The van der Waals surface area contributed by atoms with Crippen molar-refractivity contribution in [3.63, 3.8) is 0 Å². The van der Waals surface area contributed by atoms with Crippen LogP contribution in [0.4, 0.5) is 15.8 Å². The maximum absolute atomic E-state index is 13.1. The van der Waals surface area contributed by atoms with Gasteiger partial charge in [-0.3, -0.25) is 9.52 Å². The minimum Gasteiger partial charge on any atom is -0.368 e. The van der Waals surface area contributed by atoms with Gasteiger partial charge in [0.05, 0.1) is 4.90 Å². The average Bonchev–Trinajstić information content (AvgIpc) is 2.81. The Kier molecular flexibility index (Phi) is 5.90. The molecule has 0 unspecified atom stereocenters. The topological polar surface area (TPSA) is 69.7 Å². The molecule has 1 saturated heterocycles. The van der Waals surface area contributed by atoms with Crippen molar-refractivity contribution in [2.24, 2.45) is 0 Å². The zero-order valence-corrected chi connectivity index (χ0v) is 17.6. The molecule has 0 bridgehead atoms. The Hall–Kier alpha value is -3.39. The standard InChI is InChI=1S/C23H22FN3O3S/c24-19-9-11-20(12-10-19)25-31(29,30)22-8-4-5-18(17-22)23(28)27-15-13-26(14-16-27)21-6-2-1-3-7-21/h1-12,17,25H,13-16H2. The number of halogens is 1.